The van der Waals surface area contributed by atoms with Gasteiger partial charge in [-0.2, -0.15) is 13.2 Å². The van der Waals surface area contributed by atoms with Crippen LogP contribution in [0.2, 0.25) is 10.0 Å². The molecule has 1 unspecified atom stereocenters. The zero-order chi connectivity index (χ0) is 20.0. The van der Waals surface area contributed by atoms with E-state index in [0.29, 0.717) is 16.8 Å². The van der Waals surface area contributed by atoms with Gasteiger partial charge in [0.15, 0.2) is 5.82 Å². The van der Waals surface area contributed by atoms with E-state index in [4.69, 9.17) is 35.5 Å². The van der Waals surface area contributed by atoms with Gasteiger partial charge in [-0.1, -0.05) is 29.8 Å². The van der Waals surface area contributed by atoms with Crippen molar-refractivity contribution in [3.05, 3.63) is 39.2 Å². The molecule has 1 atom stereocenters. The van der Waals surface area contributed by atoms with Gasteiger partial charge in [0.25, 0.3) is 0 Å². The molecule has 2 N–H and O–H groups in total. The Kier molecular flexibility index (Phi) is 5.31. The summed E-state index contributed by atoms with van der Waals surface area (Å²) in [4.78, 5) is 1.57. The number of benzene rings is 1. The summed E-state index contributed by atoms with van der Waals surface area (Å²) in [5, 5.41) is 2.16. The highest BCUT2D eigenvalue weighted by Crippen LogP contribution is 2.43. The Balaban J connectivity index is 2.72. The minimum Gasteiger partial charge on any atom is -0.605 e. The molecule has 0 aliphatic rings. The number of rotatable bonds is 2. The lowest BCUT2D eigenvalue weighted by Crippen LogP contribution is -2.24. The largest absolute Gasteiger partial charge is 0.605 e. The molecule has 0 fully saturated rings. The van der Waals surface area contributed by atoms with Gasteiger partial charge in [0, 0.05) is 0 Å². The molecule has 14 heteroatoms. The fourth-order valence-electron chi connectivity index (χ4n) is 1.87. The van der Waals surface area contributed by atoms with Gasteiger partial charge in [-0.05, 0) is 17.2 Å². The third-order valence-electron chi connectivity index (χ3n) is 2.92. The highest BCUT2D eigenvalue weighted by Gasteiger charge is 2.50. The van der Waals surface area contributed by atoms with Crippen LogP contribution in [0.4, 0.5) is 38.0 Å². The van der Waals surface area contributed by atoms with Gasteiger partial charge in [-0.3, -0.25) is 0 Å². The van der Waals surface area contributed by atoms with E-state index in [1.165, 1.54) is 0 Å². The van der Waals surface area contributed by atoms with E-state index >= 15 is 0 Å². The van der Waals surface area contributed by atoms with Crippen LogP contribution in [0.25, 0.3) is 10.5 Å². The number of alkyl halides is 6. The second-order valence-electron chi connectivity index (χ2n) is 4.56. The average Bonchev–Trinajstić information content (AvgIpc) is 2.80. The Morgan fingerprint density at radius 3 is 2.04 bits per heavy atom. The van der Waals surface area contributed by atoms with E-state index in [1.54, 1.807) is 0 Å². The van der Waals surface area contributed by atoms with Crippen LogP contribution in [-0.4, -0.2) is 19.8 Å². The SMILES string of the molecule is [C-]#[N+]c1nn(-c2c(Cl)cc(C(F)(F)F)cc2Cl)c(N)c1[S+]([O-])C(F)(F)F. The summed E-state index contributed by atoms with van der Waals surface area (Å²) in [5.41, 5.74) is -1.45. The van der Waals surface area contributed by atoms with Crippen LogP contribution in [0.5, 0.6) is 0 Å². The zero-order valence-corrected chi connectivity index (χ0v) is 14.2. The van der Waals surface area contributed by atoms with Gasteiger partial charge in [0.05, 0.1) is 26.8 Å². The quantitative estimate of drug-likeness (QED) is 0.410. The molecule has 0 saturated carbocycles. The summed E-state index contributed by atoms with van der Waals surface area (Å²) < 4.78 is 88.4. The van der Waals surface area contributed by atoms with Crippen molar-refractivity contribution >= 4 is 46.0 Å². The summed E-state index contributed by atoms with van der Waals surface area (Å²) in [6.07, 6.45) is -4.79. The van der Waals surface area contributed by atoms with Crippen LogP contribution in [0.3, 0.4) is 0 Å². The maximum Gasteiger partial charge on any atom is 0.577 e. The predicted octanol–water partition coefficient (Wildman–Crippen LogP) is 4.96. The Bertz CT molecular complexity index is 882. The maximum absolute atomic E-state index is 12.8. The summed E-state index contributed by atoms with van der Waals surface area (Å²) in [7, 11) is 0. The van der Waals surface area contributed by atoms with Crippen LogP contribution in [0, 0.1) is 6.57 Å². The first-order valence-electron chi connectivity index (χ1n) is 6.10. The number of nitrogens with zero attached hydrogens (tertiary/aromatic N) is 3. The standard InChI is InChI=1S/C12H4Cl2F6N4OS/c1-22-10-8(26(25)12(18,19)20)9(21)24(23-10)7-5(13)2-4(3-6(7)14)11(15,16)17/h2-3H,21H2. The molecule has 1 heterocycles. The minimum absolute atomic E-state index is 0.442. The molecule has 2 rings (SSSR count). The average molecular weight is 437 g/mol. The Labute approximate surface area is 154 Å². The number of aromatic nitrogens is 2. The molecule has 1 aromatic carbocycles. The summed E-state index contributed by atoms with van der Waals surface area (Å²) >= 11 is 7.79. The number of anilines is 1. The highest BCUT2D eigenvalue weighted by atomic mass is 35.5. The topological polar surface area (TPSA) is 71.3 Å². The molecule has 0 aliphatic heterocycles. The van der Waals surface area contributed by atoms with Crippen molar-refractivity contribution in [2.75, 3.05) is 5.73 Å². The molecule has 26 heavy (non-hydrogen) atoms. The second-order valence-corrected chi connectivity index (χ2v) is 6.79. The van der Waals surface area contributed by atoms with Gasteiger partial charge in [0.1, 0.15) is 5.69 Å². The zero-order valence-electron chi connectivity index (χ0n) is 11.9. The lowest BCUT2D eigenvalue weighted by atomic mass is 10.2. The first-order valence-corrected chi connectivity index (χ1v) is 8.00. The summed E-state index contributed by atoms with van der Waals surface area (Å²) in [5.74, 6) is -1.85. The van der Waals surface area contributed by atoms with Gasteiger partial charge < -0.3 is 15.1 Å². The number of halogens is 8. The Morgan fingerprint density at radius 1 is 1.15 bits per heavy atom. The van der Waals surface area contributed by atoms with E-state index in [2.05, 4.69) is 9.94 Å². The van der Waals surface area contributed by atoms with Gasteiger partial charge in [-0.15, -0.1) is 17.9 Å². The van der Waals surface area contributed by atoms with Crippen LogP contribution >= 0.6 is 23.2 Å². The molecule has 0 spiro atoms. The van der Waals surface area contributed by atoms with Gasteiger partial charge >= 0.3 is 17.5 Å². The Morgan fingerprint density at radius 2 is 1.65 bits per heavy atom. The molecule has 0 radical (unpaired) electrons. The van der Waals surface area contributed by atoms with E-state index in [1.807, 2.05) is 0 Å². The fourth-order valence-corrected chi connectivity index (χ4v) is 3.28. The van der Waals surface area contributed by atoms with Crippen LogP contribution in [-0.2, 0) is 17.4 Å². The van der Waals surface area contributed by atoms with E-state index < -0.39 is 60.7 Å². The third kappa shape index (κ3) is 3.66. The normalized spacial score (nSPS) is 13.5. The molecule has 0 amide bonds. The fraction of sp³-hybridized carbons (Fsp3) is 0.167. The molecule has 1 aromatic heterocycles. The smallest absolute Gasteiger partial charge is 0.577 e. The van der Waals surface area contributed by atoms with Crippen molar-refractivity contribution in [2.45, 2.75) is 16.6 Å². The molecule has 140 valence electrons. The molecule has 0 saturated heterocycles. The monoisotopic (exact) mass is 436 g/mol. The van der Waals surface area contributed by atoms with Crippen molar-refractivity contribution in [1.29, 1.82) is 0 Å². The van der Waals surface area contributed by atoms with Crippen molar-refractivity contribution in [2.24, 2.45) is 0 Å². The molecule has 0 aliphatic carbocycles. The predicted molar refractivity (Wildman–Crippen MR) is 81.7 cm³/mol. The third-order valence-corrected chi connectivity index (χ3v) is 4.68. The van der Waals surface area contributed by atoms with E-state index in [-0.39, 0.29) is 0 Å². The number of hydrogen-bond donors (Lipinski definition) is 1. The molecular weight excluding hydrogens is 433 g/mol. The first-order chi connectivity index (χ1) is 11.8. The molecular formula is C12H4Cl2F6N4OS. The minimum atomic E-state index is -5.24. The van der Waals surface area contributed by atoms with Gasteiger partial charge in [0.2, 0.25) is 4.90 Å². The summed E-state index contributed by atoms with van der Waals surface area (Å²) in [6.45, 7) is 6.86. The van der Waals surface area contributed by atoms with Crippen LogP contribution < -0.4 is 5.73 Å². The molecule has 0 bridgehead atoms. The van der Waals surface area contributed by atoms with Gasteiger partial charge in [-0.25, -0.2) is 0 Å². The first kappa shape index (κ1) is 20.5. The van der Waals surface area contributed by atoms with Crippen molar-refractivity contribution in [3.8, 4) is 5.69 Å². The van der Waals surface area contributed by atoms with Crippen LogP contribution in [0.15, 0.2) is 17.0 Å². The highest BCUT2D eigenvalue weighted by molar-refractivity contribution is 7.92. The van der Waals surface area contributed by atoms with Crippen molar-refractivity contribution in [3.63, 3.8) is 0 Å². The van der Waals surface area contributed by atoms with E-state index in [9.17, 15) is 30.9 Å². The summed E-state index contributed by atoms with van der Waals surface area (Å²) in [6, 6.07) is 0.920. The van der Waals surface area contributed by atoms with Crippen molar-refractivity contribution in [1.82, 2.24) is 9.78 Å². The number of nitrogens with two attached hydrogens (primary N) is 1. The van der Waals surface area contributed by atoms with Crippen LogP contribution in [0.1, 0.15) is 5.56 Å². The lowest BCUT2D eigenvalue weighted by Gasteiger charge is -2.13. The van der Waals surface area contributed by atoms with E-state index in [0.717, 1.165) is 0 Å². The lowest BCUT2D eigenvalue weighted by molar-refractivity contribution is -0.137. The molecule has 5 nitrogen and oxygen atoms in total. The maximum atomic E-state index is 12.8. The molecule has 2 aromatic rings. The Hall–Kier alpha value is -1.81. The van der Waals surface area contributed by atoms with Crippen molar-refractivity contribution < 1.29 is 30.9 Å². The number of hydrogen-bond acceptors (Lipinski definition) is 3. The second kappa shape index (κ2) is 6.73. The number of nitrogen functional groups attached to an aromatic ring is 1.